The zero-order chi connectivity index (χ0) is 17.4. The molecule has 132 valence electrons. The fraction of sp³-hybridized carbons (Fsp3) is 0.500. The predicted molar refractivity (Wildman–Crippen MR) is 90.3 cm³/mol. The maximum absolute atomic E-state index is 5.67. The maximum Gasteiger partial charge on any atom is 0.215 e. The lowest BCUT2D eigenvalue weighted by molar-refractivity contribution is 0.0955. The summed E-state index contributed by atoms with van der Waals surface area (Å²) in [5, 5.41) is 8.29. The molecule has 0 unspecified atom stereocenters. The zero-order valence-corrected chi connectivity index (χ0v) is 14.5. The lowest BCUT2D eigenvalue weighted by Crippen LogP contribution is -2.23. The van der Waals surface area contributed by atoms with Crippen LogP contribution in [0.5, 0.6) is 5.88 Å². The summed E-state index contributed by atoms with van der Waals surface area (Å²) in [5.41, 5.74) is 2.54. The first-order valence-electron chi connectivity index (χ1n) is 8.17. The Balaban J connectivity index is 1.51. The Hall–Kier alpha value is -2.52. The summed E-state index contributed by atoms with van der Waals surface area (Å²) in [6.07, 6.45) is 2.05. The Morgan fingerprint density at radius 3 is 2.84 bits per heavy atom. The smallest absolute Gasteiger partial charge is 0.215 e. The summed E-state index contributed by atoms with van der Waals surface area (Å²) in [7, 11) is 5.22. The van der Waals surface area contributed by atoms with E-state index in [1.54, 1.807) is 18.9 Å². The molecule has 0 bridgehead atoms. The van der Waals surface area contributed by atoms with E-state index in [1.165, 1.54) is 0 Å². The van der Waals surface area contributed by atoms with Gasteiger partial charge in [-0.1, -0.05) is 5.21 Å². The van der Waals surface area contributed by atoms with Gasteiger partial charge in [-0.2, -0.15) is 4.98 Å². The van der Waals surface area contributed by atoms with Crippen LogP contribution in [0.3, 0.4) is 0 Å². The minimum atomic E-state index is 0.0966. The number of fused-ring (bicyclic) bond motifs is 1. The molecule has 0 saturated carbocycles. The van der Waals surface area contributed by atoms with Crippen molar-refractivity contribution in [2.24, 2.45) is 7.05 Å². The van der Waals surface area contributed by atoms with Crippen molar-refractivity contribution in [2.45, 2.75) is 18.6 Å². The standard InChI is InChI=1S/C16H21N7O2/c1-22-7-12(20-21-22)10-6-23(8-13(10)24-2)9-14-17-11-4-5-15(25-3)19-16(11)18-14/h4-5,7,10,13H,6,8-9H2,1-3H3,(H,17,18,19)/t10-,13+/m0/s1. The van der Waals surface area contributed by atoms with E-state index in [0.29, 0.717) is 18.1 Å². The van der Waals surface area contributed by atoms with Gasteiger partial charge in [-0.3, -0.25) is 9.58 Å². The summed E-state index contributed by atoms with van der Waals surface area (Å²) < 4.78 is 12.5. The largest absolute Gasteiger partial charge is 0.481 e. The van der Waals surface area contributed by atoms with Crippen LogP contribution in [0.15, 0.2) is 18.3 Å². The van der Waals surface area contributed by atoms with Crippen LogP contribution in [-0.4, -0.2) is 68.3 Å². The third kappa shape index (κ3) is 3.08. The molecule has 0 radical (unpaired) electrons. The topological polar surface area (TPSA) is 94.0 Å². The van der Waals surface area contributed by atoms with Crippen molar-refractivity contribution in [3.8, 4) is 5.88 Å². The van der Waals surface area contributed by atoms with Crippen LogP contribution in [0.4, 0.5) is 0 Å². The lowest BCUT2D eigenvalue weighted by atomic mass is 10.0. The van der Waals surface area contributed by atoms with E-state index in [4.69, 9.17) is 9.47 Å². The van der Waals surface area contributed by atoms with E-state index >= 15 is 0 Å². The van der Waals surface area contributed by atoms with Gasteiger partial charge in [0.15, 0.2) is 5.65 Å². The fourth-order valence-corrected chi connectivity index (χ4v) is 3.36. The number of hydrogen-bond donors (Lipinski definition) is 1. The molecule has 0 aromatic carbocycles. The summed E-state index contributed by atoms with van der Waals surface area (Å²) in [5.74, 6) is 1.65. The van der Waals surface area contributed by atoms with Gasteiger partial charge in [0.2, 0.25) is 5.88 Å². The summed E-state index contributed by atoms with van der Waals surface area (Å²) in [4.78, 5) is 14.6. The van der Waals surface area contributed by atoms with Crippen molar-refractivity contribution in [3.63, 3.8) is 0 Å². The van der Waals surface area contributed by atoms with Gasteiger partial charge in [0, 0.05) is 45.4 Å². The van der Waals surface area contributed by atoms with Crippen molar-refractivity contribution in [2.75, 3.05) is 27.3 Å². The first-order valence-corrected chi connectivity index (χ1v) is 8.17. The normalized spacial score (nSPS) is 21.2. The third-order valence-corrected chi connectivity index (χ3v) is 4.60. The minimum Gasteiger partial charge on any atom is -0.481 e. The van der Waals surface area contributed by atoms with Crippen molar-refractivity contribution in [3.05, 3.63) is 29.8 Å². The summed E-state index contributed by atoms with van der Waals surface area (Å²) in [6.45, 7) is 2.38. The van der Waals surface area contributed by atoms with E-state index < -0.39 is 0 Å². The number of pyridine rings is 1. The van der Waals surface area contributed by atoms with Gasteiger partial charge < -0.3 is 14.5 Å². The van der Waals surface area contributed by atoms with Crippen molar-refractivity contribution in [1.82, 2.24) is 34.8 Å². The number of nitrogens with one attached hydrogen (secondary N) is 1. The van der Waals surface area contributed by atoms with Crippen LogP contribution in [0.25, 0.3) is 11.2 Å². The molecule has 1 aliphatic heterocycles. The van der Waals surface area contributed by atoms with Gasteiger partial charge in [-0.25, -0.2) is 4.98 Å². The molecular weight excluding hydrogens is 322 g/mol. The fourth-order valence-electron chi connectivity index (χ4n) is 3.36. The molecule has 0 spiro atoms. The van der Waals surface area contributed by atoms with Crippen LogP contribution in [0, 0.1) is 0 Å². The Bertz CT molecular complexity index is 874. The predicted octanol–water partition coefficient (Wildman–Crippen LogP) is 0.709. The second kappa shape index (κ2) is 6.41. The van der Waals surface area contributed by atoms with E-state index in [9.17, 15) is 0 Å². The number of ether oxygens (including phenoxy) is 2. The van der Waals surface area contributed by atoms with Gasteiger partial charge >= 0.3 is 0 Å². The Morgan fingerprint density at radius 2 is 2.12 bits per heavy atom. The SMILES string of the molecule is COc1ccc2[nH]c(CN3C[C@@H](OC)[C@H](c4cn(C)nn4)C3)nc2n1. The maximum atomic E-state index is 5.67. The van der Waals surface area contributed by atoms with E-state index in [1.807, 2.05) is 25.4 Å². The Labute approximate surface area is 145 Å². The highest BCUT2D eigenvalue weighted by atomic mass is 16.5. The van der Waals surface area contributed by atoms with Crippen molar-refractivity contribution < 1.29 is 9.47 Å². The number of aromatic nitrogens is 6. The molecule has 4 heterocycles. The number of aryl methyl sites for hydroxylation is 1. The van der Waals surface area contributed by atoms with Crippen molar-refractivity contribution >= 4 is 11.2 Å². The summed E-state index contributed by atoms with van der Waals surface area (Å²) >= 11 is 0. The van der Waals surface area contributed by atoms with Gasteiger partial charge in [-0.15, -0.1) is 5.10 Å². The number of hydrogen-bond acceptors (Lipinski definition) is 7. The highest BCUT2D eigenvalue weighted by Gasteiger charge is 2.36. The average Bonchev–Trinajstić information content (AvgIpc) is 3.31. The molecule has 2 atom stereocenters. The number of imidazole rings is 1. The number of rotatable bonds is 5. The van der Waals surface area contributed by atoms with Crippen LogP contribution < -0.4 is 4.74 Å². The molecule has 1 N–H and O–H groups in total. The number of nitrogens with zero attached hydrogens (tertiary/aromatic N) is 6. The molecule has 1 saturated heterocycles. The average molecular weight is 343 g/mol. The summed E-state index contributed by atoms with van der Waals surface area (Å²) in [6, 6.07) is 3.76. The highest BCUT2D eigenvalue weighted by molar-refractivity contribution is 5.71. The van der Waals surface area contributed by atoms with Gasteiger partial charge in [0.25, 0.3) is 0 Å². The second-order valence-corrected chi connectivity index (χ2v) is 6.30. The molecule has 0 aliphatic carbocycles. The molecule has 9 heteroatoms. The molecule has 3 aromatic heterocycles. The number of likely N-dealkylation sites (tertiary alicyclic amines) is 1. The van der Waals surface area contributed by atoms with Crippen LogP contribution in [0.2, 0.25) is 0 Å². The molecule has 4 rings (SSSR count). The van der Waals surface area contributed by atoms with Crippen LogP contribution >= 0.6 is 0 Å². The van der Waals surface area contributed by atoms with E-state index in [2.05, 4.69) is 30.2 Å². The van der Waals surface area contributed by atoms with Crippen LogP contribution in [0.1, 0.15) is 17.4 Å². The molecule has 9 nitrogen and oxygen atoms in total. The van der Waals surface area contributed by atoms with Gasteiger partial charge in [0.05, 0.1) is 31.0 Å². The Kier molecular flexibility index (Phi) is 4.10. The van der Waals surface area contributed by atoms with Gasteiger partial charge in [-0.05, 0) is 6.07 Å². The molecule has 25 heavy (non-hydrogen) atoms. The number of aromatic amines is 1. The minimum absolute atomic E-state index is 0.0966. The quantitative estimate of drug-likeness (QED) is 0.729. The first kappa shape index (κ1) is 16.0. The number of methoxy groups -OCH3 is 2. The van der Waals surface area contributed by atoms with E-state index in [0.717, 1.165) is 30.1 Å². The second-order valence-electron chi connectivity index (χ2n) is 6.30. The zero-order valence-electron chi connectivity index (χ0n) is 14.5. The lowest BCUT2D eigenvalue weighted by Gasteiger charge is -2.13. The molecule has 3 aromatic rings. The highest BCUT2D eigenvalue weighted by Crippen LogP contribution is 2.29. The first-order chi connectivity index (χ1) is 12.2. The molecule has 1 fully saturated rings. The molecule has 0 amide bonds. The third-order valence-electron chi connectivity index (χ3n) is 4.60. The number of H-pyrrole nitrogens is 1. The Morgan fingerprint density at radius 1 is 1.24 bits per heavy atom. The van der Waals surface area contributed by atoms with Crippen molar-refractivity contribution in [1.29, 1.82) is 0 Å². The van der Waals surface area contributed by atoms with E-state index in [-0.39, 0.29) is 12.0 Å². The van der Waals surface area contributed by atoms with Gasteiger partial charge in [0.1, 0.15) is 5.82 Å². The molecular formula is C16H21N7O2. The van der Waals surface area contributed by atoms with Crippen LogP contribution in [-0.2, 0) is 18.3 Å². The molecule has 1 aliphatic rings. The monoisotopic (exact) mass is 343 g/mol.